The largest absolute Gasteiger partial charge is 0.299 e. The van der Waals surface area contributed by atoms with Crippen molar-refractivity contribution in [1.82, 2.24) is 4.90 Å². The average Bonchev–Trinajstić information content (AvgIpc) is 2.62. The van der Waals surface area contributed by atoms with E-state index >= 15 is 0 Å². The molecule has 2 aromatic rings. The highest BCUT2D eigenvalue weighted by molar-refractivity contribution is 7.98. The van der Waals surface area contributed by atoms with Crippen LogP contribution in [0.5, 0.6) is 0 Å². The molecule has 120 valence electrons. The van der Waals surface area contributed by atoms with Crippen molar-refractivity contribution in [3.8, 4) is 0 Å². The number of benzene rings is 2. The van der Waals surface area contributed by atoms with Gasteiger partial charge in [-0.1, -0.05) is 24.6 Å². The molecule has 1 saturated heterocycles. The van der Waals surface area contributed by atoms with E-state index in [4.69, 9.17) is 0 Å². The van der Waals surface area contributed by atoms with E-state index in [1.54, 1.807) is 11.8 Å². The second kappa shape index (κ2) is 7.80. The molecule has 0 atom stereocenters. The van der Waals surface area contributed by atoms with Crippen molar-refractivity contribution in [2.24, 2.45) is 0 Å². The number of thioether (sulfide) groups is 1. The lowest BCUT2D eigenvalue weighted by molar-refractivity contribution is 0.103. The van der Waals surface area contributed by atoms with Crippen LogP contribution in [0.3, 0.4) is 0 Å². The Morgan fingerprint density at radius 2 is 1.74 bits per heavy atom. The number of hydrogen-bond acceptors (Lipinski definition) is 3. The quantitative estimate of drug-likeness (QED) is 0.591. The first kappa shape index (κ1) is 16.3. The number of hydrogen-bond donors (Lipinski definition) is 0. The van der Waals surface area contributed by atoms with Crippen LogP contribution in [0, 0.1) is 0 Å². The number of ketones is 1. The van der Waals surface area contributed by atoms with Crippen molar-refractivity contribution in [3.63, 3.8) is 0 Å². The summed E-state index contributed by atoms with van der Waals surface area (Å²) < 4.78 is 0. The normalized spacial score (nSPS) is 15.5. The summed E-state index contributed by atoms with van der Waals surface area (Å²) in [4.78, 5) is 16.3. The van der Waals surface area contributed by atoms with Gasteiger partial charge in [0.25, 0.3) is 0 Å². The van der Waals surface area contributed by atoms with E-state index in [9.17, 15) is 4.79 Å². The third kappa shape index (κ3) is 4.24. The average molecular weight is 325 g/mol. The third-order valence-corrected chi connectivity index (χ3v) is 5.14. The minimum absolute atomic E-state index is 0.109. The molecule has 1 aliphatic rings. The van der Waals surface area contributed by atoms with E-state index in [1.165, 1.54) is 42.8 Å². The predicted octanol–water partition coefficient (Wildman–Crippen LogP) is 4.63. The van der Waals surface area contributed by atoms with Crippen LogP contribution in [-0.4, -0.2) is 30.0 Å². The molecule has 0 bridgehead atoms. The van der Waals surface area contributed by atoms with Gasteiger partial charge in [0.1, 0.15) is 0 Å². The van der Waals surface area contributed by atoms with E-state index in [0.717, 1.165) is 17.7 Å². The number of rotatable bonds is 5. The van der Waals surface area contributed by atoms with Crippen LogP contribution in [-0.2, 0) is 6.54 Å². The zero-order chi connectivity index (χ0) is 16.1. The molecule has 2 nitrogen and oxygen atoms in total. The fraction of sp³-hybridized carbons (Fsp3) is 0.350. The lowest BCUT2D eigenvalue weighted by atomic mass is 10.0. The number of nitrogens with zero attached hydrogens (tertiary/aromatic N) is 1. The van der Waals surface area contributed by atoms with Gasteiger partial charge in [-0.3, -0.25) is 9.69 Å². The zero-order valence-electron chi connectivity index (χ0n) is 13.6. The van der Waals surface area contributed by atoms with Crippen LogP contribution in [0.2, 0.25) is 0 Å². The molecule has 0 radical (unpaired) electrons. The number of carbonyl (C=O) groups excluding carboxylic acids is 1. The summed E-state index contributed by atoms with van der Waals surface area (Å²) >= 11 is 1.69. The Labute approximate surface area is 142 Å². The molecule has 23 heavy (non-hydrogen) atoms. The topological polar surface area (TPSA) is 20.3 Å². The Hall–Kier alpha value is -1.58. The summed E-state index contributed by atoms with van der Waals surface area (Å²) in [6.07, 6.45) is 5.97. The Kier molecular flexibility index (Phi) is 5.52. The van der Waals surface area contributed by atoms with Gasteiger partial charge in [0, 0.05) is 22.6 Å². The standard InChI is InChI=1S/C20H23NOS/c1-23-19-10-8-17(9-11-19)20(22)18-7-5-6-16(14-18)15-21-12-3-2-4-13-21/h5-11,14H,2-4,12-13,15H2,1H3. The molecule has 3 rings (SSSR count). The summed E-state index contributed by atoms with van der Waals surface area (Å²) in [5, 5.41) is 0. The Morgan fingerprint density at radius 1 is 1.00 bits per heavy atom. The van der Waals surface area contributed by atoms with Crippen LogP contribution in [0.1, 0.15) is 40.7 Å². The van der Waals surface area contributed by atoms with E-state index < -0.39 is 0 Å². The van der Waals surface area contributed by atoms with Crippen molar-refractivity contribution in [3.05, 3.63) is 65.2 Å². The van der Waals surface area contributed by atoms with Crippen LogP contribution in [0.4, 0.5) is 0 Å². The molecule has 0 aliphatic carbocycles. The summed E-state index contributed by atoms with van der Waals surface area (Å²) in [6.45, 7) is 3.30. The fourth-order valence-electron chi connectivity index (χ4n) is 3.10. The first-order chi connectivity index (χ1) is 11.3. The monoisotopic (exact) mass is 325 g/mol. The fourth-order valence-corrected chi connectivity index (χ4v) is 3.50. The molecule has 1 fully saturated rings. The molecular weight excluding hydrogens is 302 g/mol. The van der Waals surface area contributed by atoms with Gasteiger partial charge in [0.2, 0.25) is 0 Å². The first-order valence-corrected chi connectivity index (χ1v) is 9.49. The maximum absolute atomic E-state index is 12.7. The molecule has 2 aromatic carbocycles. The van der Waals surface area contributed by atoms with Crippen molar-refractivity contribution in [2.45, 2.75) is 30.7 Å². The Morgan fingerprint density at radius 3 is 2.43 bits per heavy atom. The molecule has 3 heteroatoms. The Bertz CT molecular complexity index is 660. The van der Waals surface area contributed by atoms with Crippen molar-refractivity contribution in [1.29, 1.82) is 0 Å². The van der Waals surface area contributed by atoms with E-state index in [0.29, 0.717) is 0 Å². The number of likely N-dealkylation sites (tertiary alicyclic amines) is 1. The zero-order valence-corrected chi connectivity index (χ0v) is 14.4. The lowest BCUT2D eigenvalue weighted by Gasteiger charge is -2.26. The maximum atomic E-state index is 12.7. The van der Waals surface area contributed by atoms with Gasteiger partial charge in [0.05, 0.1) is 0 Å². The SMILES string of the molecule is CSc1ccc(C(=O)c2cccc(CN3CCCCC3)c2)cc1. The molecule has 0 N–H and O–H groups in total. The van der Waals surface area contributed by atoms with Gasteiger partial charge in [-0.2, -0.15) is 0 Å². The summed E-state index contributed by atoms with van der Waals surface area (Å²) in [7, 11) is 0. The maximum Gasteiger partial charge on any atom is 0.193 e. The minimum atomic E-state index is 0.109. The minimum Gasteiger partial charge on any atom is -0.299 e. The second-order valence-electron chi connectivity index (χ2n) is 6.09. The van der Waals surface area contributed by atoms with Gasteiger partial charge >= 0.3 is 0 Å². The van der Waals surface area contributed by atoms with Crippen LogP contribution < -0.4 is 0 Å². The molecule has 0 spiro atoms. The molecule has 1 heterocycles. The molecular formula is C20H23NOS. The van der Waals surface area contributed by atoms with Gasteiger partial charge in [-0.05, 0) is 68.1 Å². The molecule has 0 amide bonds. The number of piperidine rings is 1. The molecule has 0 aromatic heterocycles. The van der Waals surface area contributed by atoms with Crippen LogP contribution in [0.15, 0.2) is 53.4 Å². The summed E-state index contributed by atoms with van der Waals surface area (Å²) in [5.74, 6) is 0.109. The van der Waals surface area contributed by atoms with Gasteiger partial charge in [-0.25, -0.2) is 0 Å². The van der Waals surface area contributed by atoms with Gasteiger partial charge < -0.3 is 0 Å². The predicted molar refractivity (Wildman–Crippen MR) is 97.2 cm³/mol. The highest BCUT2D eigenvalue weighted by Gasteiger charge is 2.13. The lowest BCUT2D eigenvalue weighted by Crippen LogP contribution is -2.29. The van der Waals surface area contributed by atoms with Crippen molar-refractivity contribution >= 4 is 17.5 Å². The number of carbonyl (C=O) groups is 1. The highest BCUT2D eigenvalue weighted by atomic mass is 32.2. The van der Waals surface area contributed by atoms with Crippen molar-refractivity contribution < 1.29 is 4.79 Å². The third-order valence-electron chi connectivity index (χ3n) is 4.40. The smallest absolute Gasteiger partial charge is 0.193 e. The van der Waals surface area contributed by atoms with E-state index in [-0.39, 0.29) is 5.78 Å². The second-order valence-corrected chi connectivity index (χ2v) is 6.97. The summed E-state index contributed by atoms with van der Waals surface area (Å²) in [5.41, 5.74) is 2.79. The van der Waals surface area contributed by atoms with E-state index in [2.05, 4.69) is 17.0 Å². The highest BCUT2D eigenvalue weighted by Crippen LogP contribution is 2.19. The summed E-state index contributed by atoms with van der Waals surface area (Å²) in [6, 6.07) is 16.0. The van der Waals surface area contributed by atoms with E-state index in [1.807, 2.05) is 42.7 Å². The van der Waals surface area contributed by atoms with Gasteiger partial charge in [-0.15, -0.1) is 11.8 Å². The van der Waals surface area contributed by atoms with Crippen LogP contribution >= 0.6 is 11.8 Å². The van der Waals surface area contributed by atoms with Crippen LogP contribution in [0.25, 0.3) is 0 Å². The Balaban J connectivity index is 1.73. The van der Waals surface area contributed by atoms with Crippen molar-refractivity contribution in [2.75, 3.05) is 19.3 Å². The molecule has 0 unspecified atom stereocenters. The first-order valence-electron chi connectivity index (χ1n) is 8.26. The molecule has 0 saturated carbocycles. The van der Waals surface area contributed by atoms with Gasteiger partial charge in [0.15, 0.2) is 5.78 Å². The molecule has 1 aliphatic heterocycles.